The number of benzene rings is 2. The number of aromatic nitrogens is 3. The summed E-state index contributed by atoms with van der Waals surface area (Å²) in [5.41, 5.74) is 1.74. The minimum Gasteiger partial charge on any atom is -0.448 e. The predicted molar refractivity (Wildman–Crippen MR) is 131 cm³/mol. The van der Waals surface area contributed by atoms with Crippen LogP contribution in [0.25, 0.3) is 16.9 Å². The minimum atomic E-state index is -1.18. The van der Waals surface area contributed by atoms with Crippen LogP contribution in [0.5, 0.6) is 0 Å². The van der Waals surface area contributed by atoms with Gasteiger partial charge in [0, 0.05) is 27.7 Å². The largest absolute Gasteiger partial charge is 0.448 e. The lowest BCUT2D eigenvalue weighted by Crippen LogP contribution is -2.32. The van der Waals surface area contributed by atoms with E-state index in [4.69, 9.17) is 16.3 Å². The first-order chi connectivity index (χ1) is 16.3. The first-order valence-electron chi connectivity index (χ1n) is 10.2. The normalized spacial score (nSPS) is 11.6. The Bertz CT molecular complexity index is 1400. The van der Waals surface area contributed by atoms with Gasteiger partial charge in [-0.25, -0.2) is 14.5 Å². The fourth-order valence-electron chi connectivity index (χ4n) is 3.08. The third-order valence-electron chi connectivity index (χ3n) is 4.83. The summed E-state index contributed by atoms with van der Waals surface area (Å²) < 4.78 is 6.65. The van der Waals surface area contributed by atoms with E-state index in [0.29, 0.717) is 21.5 Å². The monoisotopic (exact) mass is 494 g/mol. The van der Waals surface area contributed by atoms with Crippen LogP contribution in [0.2, 0.25) is 5.02 Å². The fraction of sp³-hybridized carbons (Fsp3) is 0.125. The van der Waals surface area contributed by atoms with Crippen LogP contribution in [0, 0.1) is 6.92 Å². The fourth-order valence-corrected chi connectivity index (χ4v) is 3.93. The first-order valence-corrected chi connectivity index (χ1v) is 11.5. The van der Waals surface area contributed by atoms with Crippen LogP contribution in [-0.2, 0) is 9.53 Å². The van der Waals surface area contributed by atoms with Gasteiger partial charge in [-0.3, -0.25) is 14.9 Å². The number of rotatable bonds is 6. The molecular formula is C24H19ClN4O4S. The summed E-state index contributed by atoms with van der Waals surface area (Å²) in [6, 6.07) is 17.6. The van der Waals surface area contributed by atoms with Gasteiger partial charge in [0.1, 0.15) is 0 Å². The summed E-state index contributed by atoms with van der Waals surface area (Å²) in [6.07, 6.45) is -1.18. The molecule has 4 aromatic rings. The topological polar surface area (TPSA) is 103 Å². The van der Waals surface area contributed by atoms with E-state index in [9.17, 15) is 14.4 Å². The van der Waals surface area contributed by atoms with E-state index >= 15 is 0 Å². The van der Waals surface area contributed by atoms with Crippen molar-refractivity contribution in [2.45, 2.75) is 20.0 Å². The van der Waals surface area contributed by atoms with E-state index < -0.39 is 29.1 Å². The number of carbonyl (C=O) groups is 2. The molecule has 0 aliphatic carbocycles. The number of carbonyl (C=O) groups excluding carboxylic acids is 2. The van der Waals surface area contributed by atoms with E-state index in [1.54, 1.807) is 31.2 Å². The number of amides is 1. The Morgan fingerprint density at radius 2 is 1.82 bits per heavy atom. The number of esters is 1. The summed E-state index contributed by atoms with van der Waals surface area (Å²) in [6.45, 7) is 3.09. The maximum atomic E-state index is 12.7. The van der Waals surface area contributed by atoms with E-state index in [1.807, 2.05) is 35.7 Å². The molecule has 0 saturated heterocycles. The second kappa shape index (κ2) is 9.98. The molecule has 0 aliphatic heterocycles. The van der Waals surface area contributed by atoms with Crippen LogP contribution >= 0.6 is 22.9 Å². The summed E-state index contributed by atoms with van der Waals surface area (Å²) in [5.74, 6) is -1.58. The third kappa shape index (κ3) is 5.22. The van der Waals surface area contributed by atoms with E-state index in [0.717, 1.165) is 11.3 Å². The van der Waals surface area contributed by atoms with Crippen molar-refractivity contribution in [2.75, 3.05) is 5.32 Å². The highest BCUT2D eigenvalue weighted by Crippen LogP contribution is 2.24. The Hall–Kier alpha value is -3.82. The summed E-state index contributed by atoms with van der Waals surface area (Å²) in [5, 5.41) is 9.50. The third-order valence-corrected chi connectivity index (χ3v) is 5.84. The van der Waals surface area contributed by atoms with Crippen molar-refractivity contribution in [3.8, 4) is 16.9 Å². The number of aryl methyl sites for hydroxylation is 1. The highest BCUT2D eigenvalue weighted by atomic mass is 35.5. The van der Waals surface area contributed by atoms with Crippen molar-refractivity contribution in [2.24, 2.45) is 0 Å². The average molecular weight is 495 g/mol. The highest BCUT2D eigenvalue weighted by Gasteiger charge is 2.24. The maximum absolute atomic E-state index is 12.7. The summed E-state index contributed by atoms with van der Waals surface area (Å²) >= 11 is 7.18. The number of hydrogen-bond acceptors (Lipinski definition) is 7. The zero-order valence-corrected chi connectivity index (χ0v) is 19.8. The van der Waals surface area contributed by atoms with Gasteiger partial charge in [0.2, 0.25) is 11.1 Å². The number of nitrogens with one attached hydrogen (secondary N) is 1. The van der Waals surface area contributed by atoms with Crippen LogP contribution in [-0.4, -0.2) is 32.7 Å². The number of hydrogen-bond donors (Lipinski definition) is 1. The second-order valence-corrected chi connectivity index (χ2v) is 8.62. The van der Waals surface area contributed by atoms with Crippen molar-refractivity contribution in [3.05, 3.63) is 92.7 Å². The molecule has 1 N–H and O–H groups in total. The zero-order valence-electron chi connectivity index (χ0n) is 18.2. The maximum Gasteiger partial charge on any atom is 0.363 e. The molecule has 34 heavy (non-hydrogen) atoms. The summed E-state index contributed by atoms with van der Waals surface area (Å²) in [7, 11) is 0. The minimum absolute atomic E-state index is 0.366. The van der Waals surface area contributed by atoms with Gasteiger partial charge in [-0.1, -0.05) is 41.9 Å². The molecule has 0 fully saturated rings. The van der Waals surface area contributed by atoms with Gasteiger partial charge in [-0.05, 0) is 38.1 Å². The van der Waals surface area contributed by atoms with Gasteiger partial charge in [-0.2, -0.15) is 5.10 Å². The van der Waals surface area contributed by atoms with E-state index in [2.05, 4.69) is 15.4 Å². The molecule has 1 atom stereocenters. The molecule has 172 valence electrons. The van der Waals surface area contributed by atoms with Gasteiger partial charge in [-0.15, -0.1) is 11.3 Å². The molecule has 0 spiro atoms. The lowest BCUT2D eigenvalue weighted by Gasteiger charge is -2.14. The van der Waals surface area contributed by atoms with Crippen molar-refractivity contribution in [3.63, 3.8) is 0 Å². The highest BCUT2D eigenvalue weighted by molar-refractivity contribution is 7.14. The lowest BCUT2D eigenvalue weighted by molar-refractivity contribution is -0.123. The Morgan fingerprint density at radius 1 is 1.12 bits per heavy atom. The number of thiazole rings is 1. The Balaban J connectivity index is 1.46. The quantitative estimate of drug-likeness (QED) is 0.396. The Labute approximate surface area is 203 Å². The molecule has 2 aromatic carbocycles. The Morgan fingerprint density at radius 3 is 2.53 bits per heavy atom. The van der Waals surface area contributed by atoms with Gasteiger partial charge in [0.05, 0.1) is 11.4 Å². The molecule has 1 unspecified atom stereocenters. The van der Waals surface area contributed by atoms with Gasteiger partial charge in [0.15, 0.2) is 11.2 Å². The van der Waals surface area contributed by atoms with Crippen molar-refractivity contribution >= 4 is 39.9 Å². The first kappa shape index (κ1) is 23.3. The van der Waals surface area contributed by atoms with E-state index in [-0.39, 0.29) is 0 Å². The molecule has 0 saturated carbocycles. The molecule has 0 radical (unpaired) electrons. The van der Waals surface area contributed by atoms with Crippen molar-refractivity contribution in [1.29, 1.82) is 0 Å². The van der Waals surface area contributed by atoms with Crippen LogP contribution in [0.1, 0.15) is 23.1 Å². The molecule has 4 rings (SSSR count). The van der Waals surface area contributed by atoms with Crippen LogP contribution < -0.4 is 10.7 Å². The Kier molecular flexibility index (Phi) is 6.85. The molecule has 1 amide bonds. The molecular weight excluding hydrogens is 476 g/mol. The number of ether oxygens (including phenoxy) is 1. The van der Waals surface area contributed by atoms with Crippen molar-refractivity contribution in [1.82, 2.24) is 14.8 Å². The molecule has 0 aliphatic rings. The molecule has 8 nitrogen and oxygen atoms in total. The number of halogens is 1. The molecule has 2 heterocycles. The van der Waals surface area contributed by atoms with Crippen LogP contribution in [0.3, 0.4) is 0 Å². The number of nitrogens with zero attached hydrogens (tertiary/aromatic N) is 3. The SMILES string of the molecule is Cc1cc(=O)c(C(=O)OC(C)C(=O)Nc2nc(-c3ccccc3)cs2)nn1-c1ccc(Cl)cc1. The van der Waals surface area contributed by atoms with E-state index in [1.165, 1.54) is 29.0 Å². The lowest BCUT2D eigenvalue weighted by atomic mass is 10.2. The zero-order chi connectivity index (χ0) is 24.2. The average Bonchev–Trinajstić information content (AvgIpc) is 3.29. The van der Waals surface area contributed by atoms with Gasteiger partial charge < -0.3 is 4.74 Å². The molecule has 10 heteroatoms. The summed E-state index contributed by atoms with van der Waals surface area (Å²) in [4.78, 5) is 42.0. The van der Waals surface area contributed by atoms with Gasteiger partial charge in [0.25, 0.3) is 5.91 Å². The smallest absolute Gasteiger partial charge is 0.363 e. The standard InChI is InChI=1S/C24H19ClN4O4S/c1-14-12-20(30)21(28-29(14)18-10-8-17(25)9-11-18)23(32)33-15(2)22(31)27-24-26-19(13-34-24)16-6-4-3-5-7-16/h3-13,15H,1-2H3,(H,26,27,31). The molecule has 0 bridgehead atoms. The molecule has 2 aromatic heterocycles. The van der Waals surface area contributed by atoms with Crippen molar-refractivity contribution < 1.29 is 14.3 Å². The second-order valence-electron chi connectivity index (χ2n) is 7.33. The van der Waals surface area contributed by atoms with Gasteiger partial charge >= 0.3 is 5.97 Å². The number of anilines is 1. The van der Waals surface area contributed by atoms with Crippen LogP contribution in [0.15, 0.2) is 70.8 Å². The predicted octanol–water partition coefficient (Wildman–Crippen LogP) is 4.50. The van der Waals surface area contributed by atoms with Crippen LogP contribution in [0.4, 0.5) is 5.13 Å².